The Hall–Kier alpha value is -0.960. The molecule has 0 amide bonds. The van der Waals surface area contributed by atoms with E-state index in [-0.39, 0.29) is 12.0 Å². The van der Waals surface area contributed by atoms with Crippen LogP contribution >= 0.6 is 0 Å². The average Bonchev–Trinajstić information content (AvgIpc) is 2.05. The van der Waals surface area contributed by atoms with E-state index in [2.05, 4.69) is 9.97 Å². The molecule has 0 spiro atoms. The molecular formula is C9H12N2O. The zero-order chi connectivity index (χ0) is 8.44. The third kappa shape index (κ3) is 1.01. The number of aliphatic hydroxyl groups excluding tert-OH is 1. The molecule has 0 bridgehead atoms. The number of hydrogen-bond donors (Lipinski definition) is 1. The topological polar surface area (TPSA) is 46.0 Å². The first-order valence-corrected chi connectivity index (χ1v) is 4.24. The van der Waals surface area contributed by atoms with Crippen molar-refractivity contribution >= 4 is 0 Å². The highest BCUT2D eigenvalue weighted by Crippen LogP contribution is 2.42. The van der Waals surface area contributed by atoms with Gasteiger partial charge in [0.15, 0.2) is 0 Å². The van der Waals surface area contributed by atoms with Gasteiger partial charge in [0, 0.05) is 17.8 Å². The van der Waals surface area contributed by atoms with Crippen molar-refractivity contribution in [2.24, 2.45) is 0 Å². The smallest absolute Gasteiger partial charge is 0.115 e. The highest BCUT2D eigenvalue weighted by Gasteiger charge is 2.38. The molecule has 0 atom stereocenters. The Balaban J connectivity index is 2.28. The van der Waals surface area contributed by atoms with Crippen LogP contribution in [0.2, 0.25) is 0 Å². The molecule has 0 aromatic carbocycles. The van der Waals surface area contributed by atoms with Gasteiger partial charge >= 0.3 is 0 Å². The Kier molecular flexibility index (Phi) is 1.81. The van der Waals surface area contributed by atoms with E-state index < -0.39 is 0 Å². The van der Waals surface area contributed by atoms with Gasteiger partial charge in [-0.25, -0.2) is 9.97 Å². The predicted molar refractivity (Wildman–Crippen MR) is 44.6 cm³/mol. The van der Waals surface area contributed by atoms with Crippen LogP contribution in [-0.2, 0) is 5.41 Å². The maximum atomic E-state index is 9.23. The van der Waals surface area contributed by atoms with Crippen molar-refractivity contribution in [3.8, 4) is 0 Å². The first kappa shape index (κ1) is 7.68. The molecule has 1 aromatic heterocycles. The van der Waals surface area contributed by atoms with E-state index in [9.17, 15) is 5.11 Å². The van der Waals surface area contributed by atoms with Crippen LogP contribution in [0.3, 0.4) is 0 Å². The SMILES string of the molecule is OCC1(c2cncnc2)CCC1. The molecule has 0 unspecified atom stereocenters. The van der Waals surface area contributed by atoms with Crippen LogP contribution in [0.25, 0.3) is 0 Å². The summed E-state index contributed by atoms with van der Waals surface area (Å²) >= 11 is 0. The molecule has 0 saturated heterocycles. The van der Waals surface area contributed by atoms with Crippen LogP contribution in [0.4, 0.5) is 0 Å². The summed E-state index contributed by atoms with van der Waals surface area (Å²) in [5.74, 6) is 0. The Morgan fingerprint density at radius 2 is 2.00 bits per heavy atom. The van der Waals surface area contributed by atoms with Crippen molar-refractivity contribution in [1.82, 2.24) is 9.97 Å². The Morgan fingerprint density at radius 1 is 1.33 bits per heavy atom. The van der Waals surface area contributed by atoms with Gasteiger partial charge in [-0.05, 0) is 18.4 Å². The second kappa shape index (κ2) is 2.83. The molecule has 1 aliphatic carbocycles. The number of rotatable bonds is 2. The summed E-state index contributed by atoms with van der Waals surface area (Å²) in [5.41, 5.74) is 1.07. The van der Waals surface area contributed by atoms with Crippen molar-refractivity contribution in [3.05, 3.63) is 24.3 Å². The van der Waals surface area contributed by atoms with Gasteiger partial charge in [0.05, 0.1) is 6.61 Å². The van der Waals surface area contributed by atoms with Crippen LogP contribution in [0.1, 0.15) is 24.8 Å². The zero-order valence-corrected chi connectivity index (χ0v) is 6.90. The zero-order valence-electron chi connectivity index (χ0n) is 6.90. The third-order valence-electron chi connectivity index (χ3n) is 2.79. The maximum absolute atomic E-state index is 9.23. The molecule has 3 heteroatoms. The fraction of sp³-hybridized carbons (Fsp3) is 0.556. The summed E-state index contributed by atoms with van der Waals surface area (Å²) in [5, 5.41) is 9.23. The summed E-state index contributed by atoms with van der Waals surface area (Å²) in [6.45, 7) is 0.223. The second-order valence-electron chi connectivity index (χ2n) is 3.42. The predicted octanol–water partition coefficient (Wildman–Crippen LogP) is 0.891. The Morgan fingerprint density at radius 3 is 2.42 bits per heavy atom. The molecule has 1 heterocycles. The lowest BCUT2D eigenvalue weighted by atomic mass is 9.66. The lowest BCUT2D eigenvalue weighted by Gasteiger charge is -2.40. The number of hydrogen-bond acceptors (Lipinski definition) is 3. The van der Waals surface area contributed by atoms with Crippen molar-refractivity contribution in [2.45, 2.75) is 24.7 Å². The average molecular weight is 164 g/mol. The van der Waals surface area contributed by atoms with Crippen molar-refractivity contribution in [2.75, 3.05) is 6.61 Å². The van der Waals surface area contributed by atoms with Crippen molar-refractivity contribution in [3.63, 3.8) is 0 Å². The van der Waals surface area contributed by atoms with E-state index in [1.165, 1.54) is 12.7 Å². The molecule has 12 heavy (non-hydrogen) atoms. The largest absolute Gasteiger partial charge is 0.395 e. The molecule has 0 radical (unpaired) electrons. The van der Waals surface area contributed by atoms with E-state index in [0.29, 0.717) is 0 Å². The first-order chi connectivity index (χ1) is 5.87. The van der Waals surface area contributed by atoms with E-state index in [0.717, 1.165) is 18.4 Å². The van der Waals surface area contributed by atoms with Crippen molar-refractivity contribution < 1.29 is 5.11 Å². The quantitative estimate of drug-likeness (QED) is 0.706. The van der Waals surface area contributed by atoms with Gasteiger partial charge in [0.2, 0.25) is 0 Å². The second-order valence-corrected chi connectivity index (χ2v) is 3.42. The molecule has 1 aliphatic rings. The molecule has 3 nitrogen and oxygen atoms in total. The van der Waals surface area contributed by atoms with E-state index in [1.807, 2.05) is 12.4 Å². The molecule has 1 fully saturated rings. The van der Waals surface area contributed by atoms with Crippen LogP contribution in [0, 0.1) is 0 Å². The molecule has 64 valence electrons. The number of nitrogens with zero attached hydrogens (tertiary/aromatic N) is 2. The monoisotopic (exact) mass is 164 g/mol. The van der Waals surface area contributed by atoms with Gasteiger partial charge in [-0.1, -0.05) is 6.42 Å². The summed E-state index contributed by atoms with van der Waals surface area (Å²) < 4.78 is 0. The van der Waals surface area contributed by atoms with Gasteiger partial charge in [-0.15, -0.1) is 0 Å². The molecule has 1 aromatic rings. The molecule has 2 rings (SSSR count). The number of aromatic nitrogens is 2. The molecular weight excluding hydrogens is 152 g/mol. The van der Waals surface area contributed by atoms with Gasteiger partial charge in [0.1, 0.15) is 6.33 Å². The summed E-state index contributed by atoms with van der Waals surface area (Å²) in [4.78, 5) is 7.92. The van der Waals surface area contributed by atoms with Gasteiger partial charge in [0.25, 0.3) is 0 Å². The van der Waals surface area contributed by atoms with E-state index in [1.54, 1.807) is 0 Å². The van der Waals surface area contributed by atoms with Gasteiger partial charge < -0.3 is 5.11 Å². The van der Waals surface area contributed by atoms with Crippen LogP contribution in [0.5, 0.6) is 0 Å². The summed E-state index contributed by atoms with van der Waals surface area (Å²) in [6, 6.07) is 0. The van der Waals surface area contributed by atoms with Crippen LogP contribution in [0.15, 0.2) is 18.7 Å². The standard InChI is InChI=1S/C9H12N2O/c12-6-9(2-1-3-9)8-4-10-7-11-5-8/h4-5,7,12H,1-3,6H2. The normalized spacial score (nSPS) is 20.1. The van der Waals surface area contributed by atoms with E-state index in [4.69, 9.17) is 0 Å². The molecule has 0 aliphatic heterocycles. The first-order valence-electron chi connectivity index (χ1n) is 4.24. The Labute approximate surface area is 71.5 Å². The minimum Gasteiger partial charge on any atom is -0.395 e. The maximum Gasteiger partial charge on any atom is 0.115 e. The molecule has 1 N–H and O–H groups in total. The molecule has 1 saturated carbocycles. The highest BCUT2D eigenvalue weighted by molar-refractivity contribution is 5.22. The lowest BCUT2D eigenvalue weighted by Crippen LogP contribution is -2.38. The van der Waals surface area contributed by atoms with Crippen LogP contribution in [-0.4, -0.2) is 21.7 Å². The van der Waals surface area contributed by atoms with Crippen LogP contribution < -0.4 is 0 Å². The van der Waals surface area contributed by atoms with Gasteiger partial charge in [-0.3, -0.25) is 0 Å². The lowest BCUT2D eigenvalue weighted by molar-refractivity contribution is 0.119. The summed E-state index contributed by atoms with van der Waals surface area (Å²) in [6.07, 6.45) is 8.47. The minimum absolute atomic E-state index is 0.0126. The summed E-state index contributed by atoms with van der Waals surface area (Å²) in [7, 11) is 0. The Bertz CT molecular complexity index is 251. The third-order valence-corrected chi connectivity index (χ3v) is 2.79. The van der Waals surface area contributed by atoms with E-state index >= 15 is 0 Å². The van der Waals surface area contributed by atoms with Gasteiger partial charge in [-0.2, -0.15) is 0 Å². The fourth-order valence-electron chi connectivity index (χ4n) is 1.71. The number of aliphatic hydroxyl groups is 1. The fourth-order valence-corrected chi connectivity index (χ4v) is 1.71. The minimum atomic E-state index is -0.0126. The van der Waals surface area contributed by atoms with Crippen molar-refractivity contribution in [1.29, 1.82) is 0 Å². The highest BCUT2D eigenvalue weighted by atomic mass is 16.3.